The molecule has 3 nitrogen and oxygen atoms in total. The van der Waals surface area contributed by atoms with Crippen molar-refractivity contribution in [3.8, 4) is 0 Å². The van der Waals surface area contributed by atoms with Crippen molar-refractivity contribution in [2.45, 2.75) is 25.3 Å². The van der Waals surface area contributed by atoms with Crippen LogP contribution in [0.1, 0.15) is 18.4 Å². The third-order valence-corrected chi connectivity index (χ3v) is 4.10. The number of nitrogens with two attached hydrogens (primary N) is 1. The van der Waals surface area contributed by atoms with Gasteiger partial charge in [0.25, 0.3) is 0 Å². The summed E-state index contributed by atoms with van der Waals surface area (Å²) < 4.78 is 5.42. The number of hydrogen-bond donors (Lipinski definition) is 1. The van der Waals surface area contributed by atoms with Crippen molar-refractivity contribution in [3.63, 3.8) is 0 Å². The zero-order chi connectivity index (χ0) is 13.5. The Kier molecular flexibility index (Phi) is 5.83. The van der Waals surface area contributed by atoms with E-state index in [2.05, 4.69) is 42.3 Å². The summed E-state index contributed by atoms with van der Waals surface area (Å²) in [5.41, 5.74) is 7.33. The van der Waals surface area contributed by atoms with Crippen molar-refractivity contribution in [1.29, 1.82) is 0 Å². The first kappa shape index (κ1) is 14.5. The van der Waals surface area contributed by atoms with Crippen LogP contribution in [-0.4, -0.2) is 44.3 Å². The second kappa shape index (κ2) is 7.63. The van der Waals surface area contributed by atoms with Gasteiger partial charge in [0.1, 0.15) is 0 Å². The zero-order valence-electron chi connectivity index (χ0n) is 11.9. The van der Waals surface area contributed by atoms with Crippen LogP contribution in [0, 0.1) is 5.92 Å². The topological polar surface area (TPSA) is 38.5 Å². The lowest BCUT2D eigenvalue weighted by atomic mass is 9.98. The molecule has 1 aromatic carbocycles. The third-order valence-electron chi connectivity index (χ3n) is 4.10. The van der Waals surface area contributed by atoms with Crippen LogP contribution in [-0.2, 0) is 11.2 Å². The predicted molar refractivity (Wildman–Crippen MR) is 79.2 cm³/mol. The quantitative estimate of drug-likeness (QED) is 0.851. The maximum Gasteiger partial charge on any atom is 0.0469 e. The van der Waals surface area contributed by atoms with Crippen LogP contribution >= 0.6 is 0 Å². The van der Waals surface area contributed by atoms with E-state index in [-0.39, 0.29) is 0 Å². The maximum atomic E-state index is 5.96. The summed E-state index contributed by atoms with van der Waals surface area (Å²) in [6, 6.07) is 11.1. The van der Waals surface area contributed by atoms with Crippen LogP contribution in [0.15, 0.2) is 30.3 Å². The molecule has 1 heterocycles. The van der Waals surface area contributed by atoms with Crippen LogP contribution in [0.3, 0.4) is 0 Å². The molecule has 1 atom stereocenters. The number of nitrogens with zero attached hydrogens (tertiary/aromatic N) is 1. The Morgan fingerprint density at radius 3 is 2.58 bits per heavy atom. The van der Waals surface area contributed by atoms with Gasteiger partial charge in [0.05, 0.1) is 0 Å². The molecule has 0 saturated carbocycles. The van der Waals surface area contributed by atoms with Gasteiger partial charge in [0, 0.05) is 32.3 Å². The highest BCUT2D eigenvalue weighted by Crippen LogP contribution is 2.17. The number of rotatable bonds is 6. The first-order chi connectivity index (χ1) is 9.29. The summed E-state index contributed by atoms with van der Waals surface area (Å²) in [5, 5.41) is 0. The Hall–Kier alpha value is -0.900. The summed E-state index contributed by atoms with van der Waals surface area (Å²) in [6.07, 6.45) is 3.41. The van der Waals surface area contributed by atoms with E-state index in [4.69, 9.17) is 10.5 Å². The average molecular weight is 262 g/mol. The van der Waals surface area contributed by atoms with E-state index in [0.29, 0.717) is 12.6 Å². The van der Waals surface area contributed by atoms with E-state index in [9.17, 15) is 0 Å². The van der Waals surface area contributed by atoms with Crippen LogP contribution in [0.4, 0.5) is 0 Å². The molecule has 1 aromatic rings. The number of benzene rings is 1. The van der Waals surface area contributed by atoms with E-state index >= 15 is 0 Å². The molecule has 1 aliphatic rings. The molecule has 1 saturated heterocycles. The molecule has 19 heavy (non-hydrogen) atoms. The standard InChI is InChI=1S/C16H26N2O/c1-18(13-15-7-9-19-10-8-15)16(12-17)11-14-5-3-2-4-6-14/h2-6,15-16H,7-13,17H2,1H3. The summed E-state index contributed by atoms with van der Waals surface area (Å²) >= 11 is 0. The average Bonchev–Trinajstić information content (AvgIpc) is 2.47. The highest BCUT2D eigenvalue weighted by molar-refractivity contribution is 5.16. The minimum absolute atomic E-state index is 0.435. The van der Waals surface area contributed by atoms with Crippen molar-refractivity contribution < 1.29 is 4.74 Å². The van der Waals surface area contributed by atoms with Crippen molar-refractivity contribution in [2.75, 3.05) is 33.4 Å². The van der Waals surface area contributed by atoms with Crippen molar-refractivity contribution in [3.05, 3.63) is 35.9 Å². The summed E-state index contributed by atoms with van der Waals surface area (Å²) in [4.78, 5) is 2.43. The van der Waals surface area contributed by atoms with Crippen LogP contribution in [0.25, 0.3) is 0 Å². The maximum absolute atomic E-state index is 5.96. The third kappa shape index (κ3) is 4.60. The van der Waals surface area contributed by atoms with E-state index < -0.39 is 0 Å². The molecule has 0 spiro atoms. The second-order valence-corrected chi connectivity index (χ2v) is 5.57. The van der Waals surface area contributed by atoms with Gasteiger partial charge in [-0.3, -0.25) is 0 Å². The number of likely N-dealkylation sites (N-methyl/N-ethyl adjacent to an activating group) is 1. The Morgan fingerprint density at radius 2 is 1.95 bits per heavy atom. The molecule has 0 amide bonds. The molecule has 106 valence electrons. The van der Waals surface area contributed by atoms with Gasteiger partial charge in [-0.2, -0.15) is 0 Å². The molecule has 0 aromatic heterocycles. The van der Waals surface area contributed by atoms with Crippen LogP contribution < -0.4 is 5.73 Å². The molecule has 1 fully saturated rings. The molecule has 0 aliphatic carbocycles. The Balaban J connectivity index is 1.85. The lowest BCUT2D eigenvalue weighted by Crippen LogP contribution is -2.42. The lowest BCUT2D eigenvalue weighted by molar-refractivity contribution is 0.0508. The van der Waals surface area contributed by atoms with Gasteiger partial charge >= 0.3 is 0 Å². The summed E-state index contributed by atoms with van der Waals surface area (Å²) in [6.45, 7) is 3.70. The molecular formula is C16H26N2O. The molecule has 0 radical (unpaired) electrons. The fraction of sp³-hybridized carbons (Fsp3) is 0.625. The summed E-state index contributed by atoms with van der Waals surface area (Å²) in [7, 11) is 2.20. The predicted octanol–water partition coefficient (Wildman–Crippen LogP) is 1.91. The summed E-state index contributed by atoms with van der Waals surface area (Å²) in [5.74, 6) is 0.767. The van der Waals surface area contributed by atoms with Gasteiger partial charge in [0.15, 0.2) is 0 Å². The molecule has 2 rings (SSSR count). The van der Waals surface area contributed by atoms with E-state index in [0.717, 1.165) is 32.1 Å². The fourth-order valence-corrected chi connectivity index (χ4v) is 2.79. The molecule has 1 unspecified atom stereocenters. The van der Waals surface area contributed by atoms with Crippen LogP contribution in [0.5, 0.6) is 0 Å². The minimum Gasteiger partial charge on any atom is -0.381 e. The molecule has 0 bridgehead atoms. The van der Waals surface area contributed by atoms with Gasteiger partial charge in [0.2, 0.25) is 0 Å². The molecular weight excluding hydrogens is 236 g/mol. The van der Waals surface area contributed by atoms with E-state index in [1.807, 2.05) is 0 Å². The molecule has 1 aliphatic heterocycles. The smallest absolute Gasteiger partial charge is 0.0469 e. The van der Waals surface area contributed by atoms with E-state index in [1.54, 1.807) is 0 Å². The van der Waals surface area contributed by atoms with Gasteiger partial charge in [-0.1, -0.05) is 30.3 Å². The van der Waals surface area contributed by atoms with Gasteiger partial charge < -0.3 is 15.4 Å². The van der Waals surface area contributed by atoms with Gasteiger partial charge in [-0.15, -0.1) is 0 Å². The Labute approximate surface area is 116 Å². The number of hydrogen-bond acceptors (Lipinski definition) is 3. The Bertz CT molecular complexity index is 349. The van der Waals surface area contributed by atoms with Crippen molar-refractivity contribution in [1.82, 2.24) is 4.90 Å². The molecule has 2 N–H and O–H groups in total. The normalized spacial score (nSPS) is 18.7. The fourth-order valence-electron chi connectivity index (χ4n) is 2.79. The Morgan fingerprint density at radius 1 is 1.26 bits per heavy atom. The lowest BCUT2D eigenvalue weighted by Gasteiger charge is -2.32. The van der Waals surface area contributed by atoms with Gasteiger partial charge in [-0.05, 0) is 37.8 Å². The van der Waals surface area contributed by atoms with Crippen LogP contribution in [0.2, 0.25) is 0 Å². The molecule has 3 heteroatoms. The van der Waals surface area contributed by atoms with Crippen molar-refractivity contribution in [2.24, 2.45) is 11.7 Å². The highest BCUT2D eigenvalue weighted by atomic mass is 16.5. The second-order valence-electron chi connectivity index (χ2n) is 5.57. The minimum atomic E-state index is 0.435. The number of ether oxygens (including phenoxy) is 1. The zero-order valence-corrected chi connectivity index (χ0v) is 11.9. The van der Waals surface area contributed by atoms with Gasteiger partial charge in [-0.25, -0.2) is 0 Å². The first-order valence-corrected chi connectivity index (χ1v) is 7.31. The SMILES string of the molecule is CN(CC1CCOCC1)C(CN)Cc1ccccc1. The largest absolute Gasteiger partial charge is 0.381 e. The first-order valence-electron chi connectivity index (χ1n) is 7.31. The van der Waals surface area contributed by atoms with E-state index in [1.165, 1.54) is 18.4 Å². The monoisotopic (exact) mass is 262 g/mol. The van der Waals surface area contributed by atoms with Crippen molar-refractivity contribution >= 4 is 0 Å². The highest BCUT2D eigenvalue weighted by Gasteiger charge is 2.20.